The minimum Gasteiger partial charge on any atom is -0.396 e. The maximum Gasteiger partial charge on any atom is 0.254 e. The lowest BCUT2D eigenvalue weighted by Gasteiger charge is -2.47. The van der Waals surface area contributed by atoms with E-state index in [2.05, 4.69) is 0 Å². The SMILES string of the molecule is CC1(C)CN(C(=O)c2ccc(F)c(N)c2)CC(C)(C)O1. The molecule has 2 N–H and O–H groups in total. The summed E-state index contributed by atoms with van der Waals surface area (Å²) in [5.74, 6) is -0.662. The third-order valence-electron chi connectivity index (χ3n) is 3.23. The molecule has 1 aliphatic rings. The van der Waals surface area contributed by atoms with E-state index in [0.717, 1.165) is 0 Å². The van der Waals surface area contributed by atoms with Crippen LogP contribution in [0.5, 0.6) is 0 Å². The van der Waals surface area contributed by atoms with Crippen molar-refractivity contribution >= 4 is 11.6 Å². The third kappa shape index (κ3) is 3.10. The van der Waals surface area contributed by atoms with Crippen molar-refractivity contribution in [2.24, 2.45) is 0 Å². The summed E-state index contributed by atoms with van der Waals surface area (Å²) in [7, 11) is 0. The number of amides is 1. The smallest absolute Gasteiger partial charge is 0.254 e. The molecular weight excluding hydrogens is 259 g/mol. The van der Waals surface area contributed by atoms with E-state index in [0.29, 0.717) is 18.7 Å². The van der Waals surface area contributed by atoms with Gasteiger partial charge in [0.25, 0.3) is 5.91 Å². The molecule has 1 aromatic carbocycles. The van der Waals surface area contributed by atoms with Gasteiger partial charge in [0.05, 0.1) is 16.9 Å². The molecule has 1 fully saturated rings. The summed E-state index contributed by atoms with van der Waals surface area (Å²) in [6.45, 7) is 8.79. The van der Waals surface area contributed by atoms with Crippen molar-refractivity contribution in [1.82, 2.24) is 4.90 Å². The zero-order valence-electron chi connectivity index (χ0n) is 12.4. The summed E-state index contributed by atoms with van der Waals surface area (Å²) in [4.78, 5) is 14.3. The van der Waals surface area contributed by atoms with Crippen LogP contribution in [0.1, 0.15) is 38.1 Å². The van der Waals surface area contributed by atoms with E-state index < -0.39 is 17.0 Å². The van der Waals surface area contributed by atoms with Crippen LogP contribution in [-0.2, 0) is 4.74 Å². The highest BCUT2D eigenvalue weighted by Crippen LogP contribution is 2.29. The van der Waals surface area contributed by atoms with Crippen molar-refractivity contribution in [3.8, 4) is 0 Å². The highest BCUT2D eigenvalue weighted by Gasteiger charge is 2.40. The highest BCUT2D eigenvalue weighted by molar-refractivity contribution is 5.95. The van der Waals surface area contributed by atoms with E-state index in [1.54, 1.807) is 4.90 Å². The molecular formula is C15H21FN2O2. The fourth-order valence-corrected chi connectivity index (χ4v) is 2.79. The Bertz CT molecular complexity index is 525. The molecule has 0 unspecified atom stereocenters. The van der Waals surface area contributed by atoms with Gasteiger partial charge in [0.2, 0.25) is 0 Å². The first-order valence-electron chi connectivity index (χ1n) is 6.64. The van der Waals surface area contributed by atoms with Crippen LogP contribution in [0.15, 0.2) is 18.2 Å². The second-order valence-electron chi connectivity index (χ2n) is 6.52. The monoisotopic (exact) mass is 280 g/mol. The molecule has 0 saturated carbocycles. The Morgan fingerprint density at radius 3 is 2.30 bits per heavy atom. The second-order valence-corrected chi connectivity index (χ2v) is 6.52. The number of nitrogens with zero attached hydrogens (tertiary/aromatic N) is 1. The molecule has 4 nitrogen and oxygen atoms in total. The molecule has 0 bridgehead atoms. The highest BCUT2D eigenvalue weighted by atomic mass is 19.1. The van der Waals surface area contributed by atoms with Gasteiger partial charge >= 0.3 is 0 Å². The summed E-state index contributed by atoms with van der Waals surface area (Å²) in [6.07, 6.45) is 0. The van der Waals surface area contributed by atoms with E-state index >= 15 is 0 Å². The molecule has 0 aliphatic carbocycles. The standard InChI is InChI=1S/C15H21FN2O2/c1-14(2)8-18(9-15(3,4)20-14)13(19)10-5-6-11(16)12(17)7-10/h5-7H,8-9,17H2,1-4H3. The Hall–Kier alpha value is -1.62. The minimum atomic E-state index is -0.510. The van der Waals surface area contributed by atoms with Gasteiger partial charge in [-0.3, -0.25) is 4.79 Å². The predicted molar refractivity (Wildman–Crippen MR) is 76.0 cm³/mol. The number of nitrogen functional groups attached to an aromatic ring is 1. The minimum absolute atomic E-state index is 0.0115. The first-order valence-corrected chi connectivity index (χ1v) is 6.64. The average Bonchev–Trinajstić information content (AvgIpc) is 2.27. The van der Waals surface area contributed by atoms with Gasteiger partial charge in [-0.05, 0) is 45.9 Å². The summed E-state index contributed by atoms with van der Waals surface area (Å²) in [6, 6.07) is 4.07. The van der Waals surface area contributed by atoms with E-state index in [-0.39, 0.29) is 11.6 Å². The molecule has 1 aromatic rings. The number of carbonyl (C=O) groups excluding carboxylic acids is 1. The topological polar surface area (TPSA) is 55.6 Å². The van der Waals surface area contributed by atoms with E-state index in [4.69, 9.17) is 10.5 Å². The van der Waals surface area contributed by atoms with Gasteiger partial charge in [0.15, 0.2) is 0 Å². The number of hydrogen-bond donors (Lipinski definition) is 1. The van der Waals surface area contributed by atoms with Gasteiger partial charge in [0.1, 0.15) is 5.82 Å². The number of rotatable bonds is 1. The first kappa shape index (κ1) is 14.8. The Kier molecular flexibility index (Phi) is 3.50. The molecule has 5 heteroatoms. The molecule has 1 aliphatic heterocycles. The number of halogens is 1. The lowest BCUT2D eigenvalue weighted by atomic mass is 9.98. The maximum atomic E-state index is 13.2. The quantitative estimate of drug-likeness (QED) is 0.804. The number of hydrogen-bond acceptors (Lipinski definition) is 3. The number of anilines is 1. The van der Waals surface area contributed by atoms with Crippen LogP contribution in [0.2, 0.25) is 0 Å². The maximum absolute atomic E-state index is 13.2. The molecule has 2 rings (SSSR count). The van der Waals surface area contributed by atoms with Crippen molar-refractivity contribution in [3.05, 3.63) is 29.6 Å². The van der Waals surface area contributed by atoms with Crippen LogP contribution in [0, 0.1) is 5.82 Å². The Labute approximate surface area is 118 Å². The first-order chi connectivity index (χ1) is 9.10. The molecule has 20 heavy (non-hydrogen) atoms. The summed E-state index contributed by atoms with van der Waals surface area (Å²) in [5.41, 5.74) is 5.09. The Balaban J connectivity index is 2.26. The number of benzene rings is 1. The lowest BCUT2D eigenvalue weighted by Crippen LogP contribution is -2.58. The van der Waals surface area contributed by atoms with Crippen molar-refractivity contribution in [3.63, 3.8) is 0 Å². The van der Waals surface area contributed by atoms with Crippen molar-refractivity contribution in [2.75, 3.05) is 18.8 Å². The van der Waals surface area contributed by atoms with Crippen molar-refractivity contribution in [2.45, 2.75) is 38.9 Å². The van der Waals surface area contributed by atoms with E-state index in [1.807, 2.05) is 27.7 Å². The molecule has 0 radical (unpaired) electrons. The van der Waals surface area contributed by atoms with E-state index in [1.165, 1.54) is 18.2 Å². The normalized spacial score (nSPS) is 20.8. The third-order valence-corrected chi connectivity index (χ3v) is 3.23. The van der Waals surface area contributed by atoms with Gasteiger partial charge < -0.3 is 15.4 Å². The second kappa shape index (κ2) is 4.74. The number of ether oxygens (including phenoxy) is 1. The Morgan fingerprint density at radius 1 is 1.25 bits per heavy atom. The molecule has 1 amide bonds. The van der Waals surface area contributed by atoms with E-state index in [9.17, 15) is 9.18 Å². The molecule has 1 saturated heterocycles. The number of morpholine rings is 1. The van der Waals surface area contributed by atoms with Gasteiger partial charge in [0, 0.05) is 18.7 Å². The average molecular weight is 280 g/mol. The van der Waals surface area contributed by atoms with Crippen LogP contribution in [0.25, 0.3) is 0 Å². The van der Waals surface area contributed by atoms with Crippen LogP contribution in [-0.4, -0.2) is 35.1 Å². The Morgan fingerprint density at radius 2 is 1.80 bits per heavy atom. The fraction of sp³-hybridized carbons (Fsp3) is 0.533. The van der Waals surface area contributed by atoms with Crippen LogP contribution < -0.4 is 5.73 Å². The predicted octanol–water partition coefficient (Wildman–Crippen LogP) is 2.44. The summed E-state index contributed by atoms with van der Waals surface area (Å²) >= 11 is 0. The lowest BCUT2D eigenvalue weighted by molar-refractivity contribution is -0.171. The molecule has 0 spiro atoms. The zero-order chi connectivity index (χ0) is 15.1. The number of carbonyl (C=O) groups is 1. The fourth-order valence-electron chi connectivity index (χ4n) is 2.79. The van der Waals surface area contributed by atoms with Gasteiger partial charge in [-0.2, -0.15) is 0 Å². The van der Waals surface area contributed by atoms with Gasteiger partial charge in [-0.1, -0.05) is 0 Å². The molecule has 110 valence electrons. The molecule has 0 aromatic heterocycles. The van der Waals surface area contributed by atoms with Gasteiger partial charge in [-0.25, -0.2) is 4.39 Å². The summed E-state index contributed by atoms with van der Waals surface area (Å²) in [5, 5.41) is 0. The van der Waals surface area contributed by atoms with Crippen LogP contribution in [0.3, 0.4) is 0 Å². The summed E-state index contributed by atoms with van der Waals surface area (Å²) < 4.78 is 19.1. The molecule has 1 heterocycles. The van der Waals surface area contributed by atoms with Gasteiger partial charge in [-0.15, -0.1) is 0 Å². The van der Waals surface area contributed by atoms with Crippen molar-refractivity contribution < 1.29 is 13.9 Å². The largest absolute Gasteiger partial charge is 0.396 e. The van der Waals surface area contributed by atoms with Crippen LogP contribution >= 0.6 is 0 Å². The number of nitrogens with two attached hydrogens (primary N) is 1. The zero-order valence-corrected chi connectivity index (χ0v) is 12.4. The van der Waals surface area contributed by atoms with Crippen LogP contribution in [0.4, 0.5) is 10.1 Å². The molecule has 0 atom stereocenters. The van der Waals surface area contributed by atoms with Crippen molar-refractivity contribution in [1.29, 1.82) is 0 Å².